The molecule has 2 rings (SSSR count). The highest BCUT2D eigenvalue weighted by Crippen LogP contribution is 2.28. The molecule has 0 heterocycles. The van der Waals surface area contributed by atoms with Crippen molar-refractivity contribution in [2.24, 2.45) is 5.92 Å². The number of hydrogen-bond acceptors (Lipinski definition) is 2. The SMILES string of the molecule is Cc1ccc(C)c(C(O)CN(C)C2CCCC(C)C2)c1. The second kappa shape index (κ2) is 6.73. The van der Waals surface area contributed by atoms with Crippen molar-refractivity contribution in [1.29, 1.82) is 0 Å². The van der Waals surface area contributed by atoms with Gasteiger partial charge in [-0.1, -0.05) is 43.5 Å². The summed E-state index contributed by atoms with van der Waals surface area (Å²) in [6.45, 7) is 7.26. The maximum absolute atomic E-state index is 10.6. The Hall–Kier alpha value is -0.860. The van der Waals surface area contributed by atoms with Gasteiger partial charge in [-0.25, -0.2) is 0 Å². The summed E-state index contributed by atoms with van der Waals surface area (Å²) in [5, 5.41) is 10.6. The van der Waals surface area contributed by atoms with Crippen LogP contribution in [0.15, 0.2) is 18.2 Å². The lowest BCUT2D eigenvalue weighted by Crippen LogP contribution is -2.38. The molecule has 0 aliphatic heterocycles. The molecule has 112 valence electrons. The molecule has 0 aromatic heterocycles. The molecule has 1 aromatic rings. The minimum absolute atomic E-state index is 0.378. The van der Waals surface area contributed by atoms with E-state index in [1.807, 2.05) is 0 Å². The monoisotopic (exact) mass is 275 g/mol. The molecule has 0 saturated heterocycles. The van der Waals surface area contributed by atoms with Gasteiger partial charge in [0.05, 0.1) is 6.10 Å². The van der Waals surface area contributed by atoms with E-state index in [0.717, 1.165) is 18.0 Å². The molecule has 2 nitrogen and oxygen atoms in total. The summed E-state index contributed by atoms with van der Waals surface area (Å²) >= 11 is 0. The number of hydrogen-bond donors (Lipinski definition) is 1. The molecule has 1 saturated carbocycles. The van der Waals surface area contributed by atoms with Crippen LogP contribution >= 0.6 is 0 Å². The summed E-state index contributed by atoms with van der Waals surface area (Å²) in [5.41, 5.74) is 3.49. The maximum Gasteiger partial charge on any atom is 0.0919 e. The molecule has 1 aliphatic carbocycles. The molecule has 1 aromatic carbocycles. The fraction of sp³-hybridized carbons (Fsp3) is 0.667. The molecule has 20 heavy (non-hydrogen) atoms. The smallest absolute Gasteiger partial charge is 0.0919 e. The van der Waals surface area contributed by atoms with E-state index in [0.29, 0.717) is 6.04 Å². The number of aryl methyl sites for hydroxylation is 2. The highest BCUT2D eigenvalue weighted by Gasteiger charge is 2.24. The second-order valence-electron chi connectivity index (χ2n) is 6.74. The second-order valence-corrected chi connectivity index (χ2v) is 6.74. The summed E-state index contributed by atoms with van der Waals surface area (Å²) in [7, 11) is 2.16. The average Bonchev–Trinajstić information content (AvgIpc) is 2.41. The van der Waals surface area contributed by atoms with E-state index in [1.165, 1.54) is 36.8 Å². The molecular formula is C18H29NO. The number of rotatable bonds is 4. The first-order valence-electron chi connectivity index (χ1n) is 7.93. The van der Waals surface area contributed by atoms with Gasteiger partial charge in [-0.2, -0.15) is 0 Å². The van der Waals surface area contributed by atoms with Crippen molar-refractivity contribution in [3.8, 4) is 0 Å². The first kappa shape index (κ1) is 15.5. The Morgan fingerprint density at radius 2 is 2.05 bits per heavy atom. The van der Waals surface area contributed by atoms with E-state index in [-0.39, 0.29) is 6.10 Å². The summed E-state index contributed by atoms with van der Waals surface area (Å²) < 4.78 is 0. The molecule has 3 unspecified atom stereocenters. The van der Waals surface area contributed by atoms with Crippen LogP contribution in [0.3, 0.4) is 0 Å². The van der Waals surface area contributed by atoms with Crippen LogP contribution in [0.4, 0.5) is 0 Å². The normalized spacial score (nSPS) is 24.9. The molecule has 0 amide bonds. The Morgan fingerprint density at radius 3 is 2.75 bits per heavy atom. The van der Waals surface area contributed by atoms with Gasteiger partial charge < -0.3 is 10.0 Å². The molecule has 0 spiro atoms. The zero-order valence-corrected chi connectivity index (χ0v) is 13.4. The Morgan fingerprint density at radius 1 is 1.30 bits per heavy atom. The van der Waals surface area contributed by atoms with Gasteiger partial charge in [0.15, 0.2) is 0 Å². The van der Waals surface area contributed by atoms with Crippen molar-refractivity contribution in [3.05, 3.63) is 34.9 Å². The fourth-order valence-corrected chi connectivity index (χ4v) is 3.44. The van der Waals surface area contributed by atoms with Crippen LogP contribution in [-0.4, -0.2) is 29.6 Å². The van der Waals surface area contributed by atoms with E-state index in [2.05, 4.69) is 50.9 Å². The molecule has 0 radical (unpaired) electrons. The van der Waals surface area contributed by atoms with Crippen molar-refractivity contribution < 1.29 is 5.11 Å². The van der Waals surface area contributed by atoms with Gasteiger partial charge in [0.2, 0.25) is 0 Å². The van der Waals surface area contributed by atoms with Crippen molar-refractivity contribution in [2.75, 3.05) is 13.6 Å². The Bertz CT molecular complexity index is 443. The van der Waals surface area contributed by atoms with Gasteiger partial charge in [-0.3, -0.25) is 0 Å². The van der Waals surface area contributed by atoms with Gasteiger partial charge in [0.25, 0.3) is 0 Å². The molecular weight excluding hydrogens is 246 g/mol. The molecule has 0 bridgehead atoms. The van der Waals surface area contributed by atoms with Crippen LogP contribution in [0.25, 0.3) is 0 Å². The maximum atomic E-state index is 10.6. The standard InChI is InChI=1S/C18H29NO/c1-13-6-5-7-16(10-13)19(4)12-18(20)17-11-14(2)8-9-15(17)3/h8-9,11,13,16,18,20H,5-7,10,12H2,1-4H3. The number of aliphatic hydroxyl groups is 1. The summed E-state index contributed by atoms with van der Waals surface area (Å²) in [4.78, 5) is 2.36. The third kappa shape index (κ3) is 3.83. The number of benzene rings is 1. The van der Waals surface area contributed by atoms with E-state index < -0.39 is 0 Å². The minimum Gasteiger partial charge on any atom is -0.387 e. The van der Waals surface area contributed by atoms with Gasteiger partial charge in [0, 0.05) is 12.6 Å². The van der Waals surface area contributed by atoms with Crippen LogP contribution in [0.2, 0.25) is 0 Å². The predicted octanol–water partition coefficient (Wildman–Crippen LogP) is 3.85. The summed E-state index contributed by atoms with van der Waals surface area (Å²) in [6.07, 6.45) is 4.87. The fourth-order valence-electron chi connectivity index (χ4n) is 3.44. The zero-order valence-electron chi connectivity index (χ0n) is 13.4. The highest BCUT2D eigenvalue weighted by molar-refractivity contribution is 5.32. The highest BCUT2D eigenvalue weighted by atomic mass is 16.3. The van der Waals surface area contributed by atoms with Gasteiger partial charge in [-0.15, -0.1) is 0 Å². The molecule has 1 N–H and O–H groups in total. The number of aliphatic hydroxyl groups excluding tert-OH is 1. The first-order chi connectivity index (χ1) is 9.47. The van der Waals surface area contributed by atoms with Crippen LogP contribution < -0.4 is 0 Å². The average molecular weight is 275 g/mol. The third-order valence-corrected chi connectivity index (χ3v) is 4.79. The van der Waals surface area contributed by atoms with Crippen LogP contribution in [0.1, 0.15) is 55.4 Å². The van der Waals surface area contributed by atoms with E-state index in [1.54, 1.807) is 0 Å². The Kier molecular flexibility index (Phi) is 5.22. The molecule has 2 heteroatoms. The summed E-state index contributed by atoms with van der Waals surface area (Å²) in [6, 6.07) is 6.98. The van der Waals surface area contributed by atoms with Crippen molar-refractivity contribution in [3.63, 3.8) is 0 Å². The number of likely N-dealkylation sites (N-methyl/N-ethyl adjacent to an activating group) is 1. The van der Waals surface area contributed by atoms with E-state index >= 15 is 0 Å². The van der Waals surface area contributed by atoms with E-state index in [4.69, 9.17) is 0 Å². The quantitative estimate of drug-likeness (QED) is 0.902. The largest absolute Gasteiger partial charge is 0.387 e. The minimum atomic E-state index is -0.378. The molecule has 1 fully saturated rings. The molecule has 1 aliphatic rings. The van der Waals surface area contributed by atoms with Crippen LogP contribution in [-0.2, 0) is 0 Å². The summed E-state index contributed by atoms with van der Waals surface area (Å²) in [5.74, 6) is 0.828. The lowest BCUT2D eigenvalue weighted by atomic mass is 9.86. The van der Waals surface area contributed by atoms with Crippen molar-refractivity contribution in [1.82, 2.24) is 4.90 Å². The number of nitrogens with zero attached hydrogens (tertiary/aromatic N) is 1. The predicted molar refractivity (Wildman–Crippen MR) is 84.9 cm³/mol. The Balaban J connectivity index is 1.99. The zero-order chi connectivity index (χ0) is 14.7. The topological polar surface area (TPSA) is 23.5 Å². The lowest BCUT2D eigenvalue weighted by Gasteiger charge is -2.35. The molecule has 3 atom stereocenters. The Labute approximate surface area is 123 Å². The van der Waals surface area contributed by atoms with E-state index in [9.17, 15) is 5.11 Å². The van der Waals surface area contributed by atoms with Gasteiger partial charge in [0.1, 0.15) is 0 Å². The lowest BCUT2D eigenvalue weighted by molar-refractivity contribution is 0.0827. The third-order valence-electron chi connectivity index (χ3n) is 4.79. The van der Waals surface area contributed by atoms with Crippen LogP contribution in [0, 0.1) is 19.8 Å². The van der Waals surface area contributed by atoms with Crippen LogP contribution in [0.5, 0.6) is 0 Å². The van der Waals surface area contributed by atoms with Gasteiger partial charge >= 0.3 is 0 Å². The first-order valence-corrected chi connectivity index (χ1v) is 7.93. The van der Waals surface area contributed by atoms with Crippen molar-refractivity contribution >= 4 is 0 Å². The van der Waals surface area contributed by atoms with Gasteiger partial charge in [-0.05, 0) is 50.8 Å². The van der Waals surface area contributed by atoms with Crippen molar-refractivity contribution in [2.45, 2.75) is 58.6 Å².